The van der Waals surface area contributed by atoms with Gasteiger partial charge in [-0.2, -0.15) is 0 Å². The van der Waals surface area contributed by atoms with Crippen molar-refractivity contribution in [3.8, 4) is 17.1 Å². The minimum atomic E-state index is -4.08. The second-order valence-electron chi connectivity index (χ2n) is 6.51. The first-order valence-electron chi connectivity index (χ1n) is 9.19. The molecule has 0 fully saturated rings. The lowest BCUT2D eigenvalue weighted by molar-refractivity contribution is 0.111. The second-order valence-corrected chi connectivity index (χ2v) is 8.29. The maximum atomic E-state index is 13.4. The molecule has 0 aliphatic carbocycles. The fourth-order valence-corrected chi connectivity index (χ4v) is 4.73. The molecule has 0 spiro atoms. The zero-order chi connectivity index (χ0) is 21.0. The Morgan fingerprint density at radius 1 is 1.03 bits per heavy atom. The van der Waals surface area contributed by atoms with Crippen LogP contribution in [-0.4, -0.2) is 36.6 Å². The Balaban J connectivity index is 2.32. The van der Waals surface area contributed by atoms with Gasteiger partial charge >= 0.3 is 0 Å². The molecule has 7 nitrogen and oxygen atoms in total. The number of unbranched alkanes of at least 4 members (excludes halogenated alkanes) is 1. The summed E-state index contributed by atoms with van der Waals surface area (Å²) >= 11 is 0. The first-order chi connectivity index (χ1) is 14.0. The molecule has 3 rings (SSSR count). The van der Waals surface area contributed by atoms with Crippen LogP contribution in [0.5, 0.6) is 5.75 Å². The predicted octanol–water partition coefficient (Wildman–Crippen LogP) is 3.63. The topological polar surface area (TPSA) is 87.4 Å². The lowest BCUT2D eigenvalue weighted by atomic mass is 10.2. The monoisotopic (exact) mass is 414 g/mol. The highest BCUT2D eigenvalue weighted by Crippen LogP contribution is 2.34. The second kappa shape index (κ2) is 8.48. The van der Waals surface area contributed by atoms with E-state index in [2.05, 4.69) is 0 Å². The third kappa shape index (κ3) is 3.75. The molecule has 0 unspecified atom stereocenters. The van der Waals surface area contributed by atoms with E-state index in [-0.39, 0.29) is 22.0 Å². The standard InChI is InChI=1S/C21H22N2O5S/c1-3-4-10-22-13-16(14-24)11-18(22)19-12-21(28-2)20(15-25)23(19)29(26,27)17-8-6-5-7-9-17/h5-9,11-15H,3-4,10H2,1-2H3. The van der Waals surface area contributed by atoms with Gasteiger partial charge in [0.2, 0.25) is 0 Å². The molecule has 0 saturated heterocycles. The summed E-state index contributed by atoms with van der Waals surface area (Å²) in [6.45, 7) is 2.65. The zero-order valence-electron chi connectivity index (χ0n) is 16.2. The van der Waals surface area contributed by atoms with Crippen molar-refractivity contribution >= 4 is 22.6 Å². The van der Waals surface area contributed by atoms with Crippen molar-refractivity contribution in [1.82, 2.24) is 8.54 Å². The molecule has 0 aliphatic heterocycles. The van der Waals surface area contributed by atoms with E-state index in [0.717, 1.165) is 16.8 Å². The fraction of sp³-hybridized carbons (Fsp3) is 0.238. The molecule has 0 bridgehead atoms. The number of ether oxygens (including phenoxy) is 1. The maximum absolute atomic E-state index is 13.4. The van der Waals surface area contributed by atoms with Crippen LogP contribution in [0.3, 0.4) is 0 Å². The van der Waals surface area contributed by atoms with E-state index in [1.807, 2.05) is 11.5 Å². The first kappa shape index (κ1) is 20.6. The van der Waals surface area contributed by atoms with Gasteiger partial charge in [-0.05, 0) is 24.6 Å². The third-order valence-electron chi connectivity index (χ3n) is 4.64. The summed E-state index contributed by atoms with van der Waals surface area (Å²) in [4.78, 5) is 23.2. The fourth-order valence-electron chi connectivity index (χ4n) is 3.22. The number of rotatable bonds is 9. The minimum Gasteiger partial charge on any atom is -0.494 e. The van der Waals surface area contributed by atoms with Crippen LogP contribution in [0, 0.1) is 0 Å². The Labute approximate surface area is 169 Å². The van der Waals surface area contributed by atoms with Crippen LogP contribution in [0.1, 0.15) is 40.6 Å². The number of aryl methyl sites for hydroxylation is 1. The molecule has 0 saturated carbocycles. The Morgan fingerprint density at radius 3 is 2.34 bits per heavy atom. The summed E-state index contributed by atoms with van der Waals surface area (Å²) in [6.07, 6.45) is 4.63. The van der Waals surface area contributed by atoms with Gasteiger partial charge in [0.05, 0.1) is 23.4 Å². The average Bonchev–Trinajstić information content (AvgIpc) is 3.33. The summed E-state index contributed by atoms with van der Waals surface area (Å²) in [5.74, 6) is 0.144. The van der Waals surface area contributed by atoms with Crippen LogP contribution in [0.2, 0.25) is 0 Å². The van der Waals surface area contributed by atoms with Crippen molar-refractivity contribution in [3.63, 3.8) is 0 Å². The van der Waals surface area contributed by atoms with Gasteiger partial charge in [-0.15, -0.1) is 0 Å². The molecular formula is C21H22N2O5S. The number of hydrogen-bond acceptors (Lipinski definition) is 5. The van der Waals surface area contributed by atoms with Crippen molar-refractivity contribution in [2.45, 2.75) is 31.2 Å². The Kier molecular flexibility index (Phi) is 6.03. The van der Waals surface area contributed by atoms with Crippen LogP contribution >= 0.6 is 0 Å². The Bertz CT molecular complexity index is 1130. The molecule has 1 aromatic carbocycles. The lowest BCUT2D eigenvalue weighted by Gasteiger charge is -2.14. The van der Waals surface area contributed by atoms with E-state index >= 15 is 0 Å². The lowest BCUT2D eigenvalue weighted by Crippen LogP contribution is -2.17. The van der Waals surface area contributed by atoms with Crippen molar-refractivity contribution in [2.24, 2.45) is 0 Å². The number of nitrogens with zero attached hydrogens (tertiary/aromatic N) is 2. The van der Waals surface area contributed by atoms with Gasteiger partial charge in [0, 0.05) is 24.4 Å². The normalized spacial score (nSPS) is 11.4. The predicted molar refractivity (Wildman–Crippen MR) is 109 cm³/mol. The molecule has 0 atom stereocenters. The number of hydrogen-bond donors (Lipinski definition) is 0. The largest absolute Gasteiger partial charge is 0.494 e. The quantitative estimate of drug-likeness (QED) is 0.499. The van der Waals surface area contributed by atoms with Crippen LogP contribution in [-0.2, 0) is 16.6 Å². The molecule has 2 heterocycles. The van der Waals surface area contributed by atoms with E-state index in [9.17, 15) is 18.0 Å². The number of carbonyl (C=O) groups excluding carboxylic acids is 2. The summed E-state index contributed by atoms with van der Waals surface area (Å²) in [6, 6.07) is 11.0. The number of benzene rings is 1. The summed E-state index contributed by atoms with van der Waals surface area (Å²) < 4.78 is 34.9. The molecular weight excluding hydrogens is 392 g/mol. The maximum Gasteiger partial charge on any atom is 0.268 e. The molecule has 2 aromatic heterocycles. The third-order valence-corrected chi connectivity index (χ3v) is 6.38. The van der Waals surface area contributed by atoms with E-state index in [1.165, 1.54) is 25.3 Å². The van der Waals surface area contributed by atoms with Gasteiger partial charge in [-0.3, -0.25) is 9.59 Å². The molecule has 8 heteroatoms. The molecule has 152 valence electrons. The van der Waals surface area contributed by atoms with Gasteiger partial charge < -0.3 is 9.30 Å². The van der Waals surface area contributed by atoms with Crippen molar-refractivity contribution in [1.29, 1.82) is 0 Å². The summed E-state index contributed by atoms with van der Waals surface area (Å²) in [5.41, 5.74) is 1.10. The van der Waals surface area contributed by atoms with Gasteiger partial charge in [0.15, 0.2) is 12.6 Å². The van der Waals surface area contributed by atoms with Crippen LogP contribution in [0.4, 0.5) is 0 Å². The van der Waals surface area contributed by atoms with Gasteiger partial charge in [-0.25, -0.2) is 12.4 Å². The molecule has 0 amide bonds. The smallest absolute Gasteiger partial charge is 0.268 e. The number of methoxy groups -OCH3 is 1. The van der Waals surface area contributed by atoms with Crippen molar-refractivity contribution < 1.29 is 22.7 Å². The zero-order valence-corrected chi connectivity index (χ0v) is 17.1. The van der Waals surface area contributed by atoms with E-state index in [1.54, 1.807) is 30.5 Å². The molecule has 0 N–H and O–H groups in total. The molecule has 3 aromatic rings. The summed E-state index contributed by atoms with van der Waals surface area (Å²) in [5, 5.41) is 0. The van der Waals surface area contributed by atoms with E-state index < -0.39 is 10.0 Å². The van der Waals surface area contributed by atoms with E-state index in [0.29, 0.717) is 30.4 Å². The van der Waals surface area contributed by atoms with Gasteiger partial charge in [0.25, 0.3) is 10.0 Å². The van der Waals surface area contributed by atoms with Crippen LogP contribution in [0.15, 0.2) is 53.6 Å². The van der Waals surface area contributed by atoms with Gasteiger partial charge in [-0.1, -0.05) is 31.5 Å². The number of aromatic nitrogens is 2. The SMILES string of the molecule is CCCCn1cc(C=O)cc1-c1cc(OC)c(C=O)n1S(=O)(=O)c1ccccc1. The van der Waals surface area contributed by atoms with Crippen molar-refractivity contribution in [2.75, 3.05) is 7.11 Å². The molecule has 0 radical (unpaired) electrons. The van der Waals surface area contributed by atoms with Crippen LogP contribution < -0.4 is 4.74 Å². The van der Waals surface area contributed by atoms with Crippen LogP contribution in [0.25, 0.3) is 11.4 Å². The van der Waals surface area contributed by atoms with Crippen molar-refractivity contribution in [3.05, 3.63) is 59.9 Å². The Morgan fingerprint density at radius 2 is 1.76 bits per heavy atom. The van der Waals surface area contributed by atoms with E-state index in [4.69, 9.17) is 4.74 Å². The van der Waals surface area contributed by atoms with Gasteiger partial charge in [0.1, 0.15) is 11.4 Å². The number of carbonyl (C=O) groups is 2. The summed E-state index contributed by atoms with van der Waals surface area (Å²) in [7, 11) is -2.71. The highest BCUT2D eigenvalue weighted by atomic mass is 32.2. The first-order valence-corrected chi connectivity index (χ1v) is 10.6. The average molecular weight is 414 g/mol. The highest BCUT2D eigenvalue weighted by molar-refractivity contribution is 7.90. The number of aldehydes is 2. The molecule has 0 aliphatic rings. The Hall–Kier alpha value is -3.13. The minimum absolute atomic E-state index is 0.0462. The molecule has 29 heavy (non-hydrogen) atoms. The highest BCUT2D eigenvalue weighted by Gasteiger charge is 2.29.